The highest BCUT2D eigenvalue weighted by Gasteiger charge is 2.11. The van der Waals surface area contributed by atoms with Crippen molar-refractivity contribution in [1.82, 2.24) is 4.90 Å². The van der Waals surface area contributed by atoms with Gasteiger partial charge >= 0.3 is 5.97 Å². The van der Waals surface area contributed by atoms with Crippen LogP contribution >= 0.6 is 0 Å². The molecule has 0 radical (unpaired) electrons. The first-order chi connectivity index (χ1) is 7.09. The topological polar surface area (TPSA) is 53.7 Å². The van der Waals surface area contributed by atoms with E-state index in [1.807, 2.05) is 20.0 Å². The smallest absolute Gasteiger partial charge is 0.303 e. The average Bonchev–Trinajstić information content (AvgIpc) is 2.66. The minimum Gasteiger partial charge on any atom is -0.481 e. The van der Waals surface area contributed by atoms with Crippen LogP contribution in [0.15, 0.2) is 23.0 Å². The third kappa shape index (κ3) is 4.16. The largest absolute Gasteiger partial charge is 0.481 e. The lowest BCUT2D eigenvalue weighted by molar-refractivity contribution is -0.137. The lowest BCUT2D eigenvalue weighted by Gasteiger charge is -2.23. The van der Waals surface area contributed by atoms with Crippen LogP contribution in [0, 0.1) is 0 Å². The SMILES string of the molecule is CC(CCC(=O)O)N(C)Cc1ccoc1. The van der Waals surface area contributed by atoms with Crippen LogP contribution in [-0.4, -0.2) is 29.1 Å². The van der Waals surface area contributed by atoms with Gasteiger partial charge in [0, 0.05) is 24.6 Å². The van der Waals surface area contributed by atoms with Gasteiger partial charge in [-0.25, -0.2) is 0 Å². The van der Waals surface area contributed by atoms with E-state index in [1.165, 1.54) is 0 Å². The molecule has 0 aromatic carbocycles. The minimum absolute atomic E-state index is 0.219. The maximum atomic E-state index is 10.4. The summed E-state index contributed by atoms with van der Waals surface area (Å²) >= 11 is 0. The number of aliphatic carboxylic acids is 1. The summed E-state index contributed by atoms with van der Waals surface area (Å²) in [6.45, 7) is 2.82. The monoisotopic (exact) mass is 211 g/mol. The van der Waals surface area contributed by atoms with E-state index in [4.69, 9.17) is 9.52 Å². The summed E-state index contributed by atoms with van der Waals surface area (Å²) in [5, 5.41) is 8.57. The molecule has 84 valence electrons. The standard InChI is InChI=1S/C11H17NO3/c1-9(3-4-11(13)14)12(2)7-10-5-6-15-8-10/h5-6,8-9H,3-4,7H2,1-2H3,(H,13,14). The quantitative estimate of drug-likeness (QED) is 0.781. The van der Waals surface area contributed by atoms with Crippen molar-refractivity contribution in [3.8, 4) is 0 Å². The first-order valence-electron chi connectivity index (χ1n) is 5.02. The second kappa shape index (κ2) is 5.56. The van der Waals surface area contributed by atoms with Crippen molar-refractivity contribution in [2.75, 3.05) is 7.05 Å². The number of nitrogens with zero attached hydrogens (tertiary/aromatic N) is 1. The fraction of sp³-hybridized carbons (Fsp3) is 0.545. The summed E-state index contributed by atoms with van der Waals surface area (Å²) in [5.74, 6) is -0.737. The number of hydrogen-bond donors (Lipinski definition) is 1. The van der Waals surface area contributed by atoms with E-state index in [9.17, 15) is 4.79 Å². The van der Waals surface area contributed by atoms with Crippen LogP contribution in [0.4, 0.5) is 0 Å². The Kier molecular flexibility index (Phi) is 4.37. The Bertz CT molecular complexity index is 295. The molecule has 1 N–H and O–H groups in total. The zero-order valence-corrected chi connectivity index (χ0v) is 9.14. The Balaban J connectivity index is 2.33. The molecule has 0 aliphatic rings. The predicted molar refractivity (Wildman–Crippen MR) is 56.5 cm³/mol. The second-order valence-corrected chi connectivity index (χ2v) is 3.83. The average molecular weight is 211 g/mol. The Hall–Kier alpha value is -1.29. The van der Waals surface area contributed by atoms with Crippen LogP contribution in [0.3, 0.4) is 0 Å². The first kappa shape index (κ1) is 11.8. The highest BCUT2D eigenvalue weighted by atomic mass is 16.4. The first-order valence-corrected chi connectivity index (χ1v) is 5.02. The van der Waals surface area contributed by atoms with Crippen molar-refractivity contribution >= 4 is 5.97 Å². The van der Waals surface area contributed by atoms with E-state index < -0.39 is 5.97 Å². The highest BCUT2D eigenvalue weighted by molar-refractivity contribution is 5.66. The zero-order valence-electron chi connectivity index (χ0n) is 9.14. The normalized spacial score (nSPS) is 13.0. The van der Waals surface area contributed by atoms with Gasteiger partial charge in [0.15, 0.2) is 0 Å². The highest BCUT2D eigenvalue weighted by Crippen LogP contribution is 2.10. The van der Waals surface area contributed by atoms with E-state index in [0.717, 1.165) is 12.1 Å². The number of carboxylic acid groups (broad SMARTS) is 1. The maximum Gasteiger partial charge on any atom is 0.303 e. The molecule has 0 bridgehead atoms. The summed E-state index contributed by atoms with van der Waals surface area (Å²) in [6.07, 6.45) is 4.24. The van der Waals surface area contributed by atoms with Crippen molar-refractivity contribution in [3.05, 3.63) is 24.2 Å². The fourth-order valence-electron chi connectivity index (χ4n) is 1.38. The number of furan rings is 1. The molecule has 4 heteroatoms. The molecule has 1 rings (SSSR count). The molecule has 0 fully saturated rings. The number of rotatable bonds is 6. The van der Waals surface area contributed by atoms with Gasteiger partial charge in [-0.05, 0) is 26.5 Å². The minimum atomic E-state index is -0.737. The zero-order chi connectivity index (χ0) is 11.3. The molecule has 1 aromatic rings. The van der Waals surface area contributed by atoms with Crippen LogP contribution in [0.2, 0.25) is 0 Å². The third-order valence-electron chi connectivity index (χ3n) is 2.54. The predicted octanol–water partition coefficient (Wildman–Crippen LogP) is 1.96. The molecule has 1 unspecified atom stereocenters. The Labute approximate surface area is 89.5 Å². The molecule has 4 nitrogen and oxygen atoms in total. The molecule has 1 atom stereocenters. The van der Waals surface area contributed by atoms with Gasteiger partial charge in [-0.15, -0.1) is 0 Å². The van der Waals surface area contributed by atoms with Crippen LogP contribution in [0.5, 0.6) is 0 Å². The van der Waals surface area contributed by atoms with Crippen molar-refractivity contribution in [3.63, 3.8) is 0 Å². The second-order valence-electron chi connectivity index (χ2n) is 3.83. The van der Waals surface area contributed by atoms with Gasteiger partial charge in [-0.3, -0.25) is 9.69 Å². The van der Waals surface area contributed by atoms with Gasteiger partial charge in [0.25, 0.3) is 0 Å². The Morgan fingerprint density at radius 2 is 2.40 bits per heavy atom. The van der Waals surface area contributed by atoms with E-state index in [2.05, 4.69) is 4.90 Å². The summed E-state index contributed by atoms with van der Waals surface area (Å²) < 4.78 is 4.97. The van der Waals surface area contributed by atoms with Crippen molar-refractivity contribution in [1.29, 1.82) is 0 Å². The molecule has 0 saturated carbocycles. The van der Waals surface area contributed by atoms with Gasteiger partial charge in [0.05, 0.1) is 12.5 Å². The molecular weight excluding hydrogens is 194 g/mol. The Morgan fingerprint density at radius 3 is 2.93 bits per heavy atom. The number of hydrogen-bond acceptors (Lipinski definition) is 3. The summed E-state index contributed by atoms with van der Waals surface area (Å²) in [5.41, 5.74) is 1.11. The summed E-state index contributed by atoms with van der Waals surface area (Å²) in [4.78, 5) is 12.5. The van der Waals surface area contributed by atoms with E-state index in [1.54, 1.807) is 12.5 Å². The Morgan fingerprint density at radius 1 is 1.67 bits per heavy atom. The van der Waals surface area contributed by atoms with Crippen molar-refractivity contribution < 1.29 is 14.3 Å². The number of carboxylic acids is 1. The van der Waals surface area contributed by atoms with Gasteiger partial charge in [0.1, 0.15) is 0 Å². The van der Waals surface area contributed by atoms with Gasteiger partial charge < -0.3 is 9.52 Å². The summed E-state index contributed by atoms with van der Waals surface area (Å²) in [7, 11) is 1.99. The molecule has 15 heavy (non-hydrogen) atoms. The van der Waals surface area contributed by atoms with Gasteiger partial charge in [-0.2, -0.15) is 0 Å². The molecule has 0 aliphatic heterocycles. The lowest BCUT2D eigenvalue weighted by atomic mass is 10.1. The molecule has 0 saturated heterocycles. The molecule has 0 aliphatic carbocycles. The van der Waals surface area contributed by atoms with Crippen molar-refractivity contribution in [2.24, 2.45) is 0 Å². The molecule has 0 amide bonds. The van der Waals surface area contributed by atoms with Gasteiger partial charge in [0.2, 0.25) is 0 Å². The molecule has 1 aromatic heterocycles. The van der Waals surface area contributed by atoms with Crippen LogP contribution in [-0.2, 0) is 11.3 Å². The van der Waals surface area contributed by atoms with Crippen molar-refractivity contribution in [2.45, 2.75) is 32.4 Å². The van der Waals surface area contributed by atoms with Gasteiger partial charge in [-0.1, -0.05) is 0 Å². The van der Waals surface area contributed by atoms with E-state index in [0.29, 0.717) is 6.42 Å². The molecular formula is C11H17NO3. The van der Waals surface area contributed by atoms with E-state index in [-0.39, 0.29) is 12.5 Å². The maximum absolute atomic E-state index is 10.4. The van der Waals surface area contributed by atoms with Crippen LogP contribution < -0.4 is 0 Å². The van der Waals surface area contributed by atoms with Crippen LogP contribution in [0.25, 0.3) is 0 Å². The number of carbonyl (C=O) groups is 1. The lowest BCUT2D eigenvalue weighted by Crippen LogP contribution is -2.28. The molecule has 0 spiro atoms. The third-order valence-corrected chi connectivity index (χ3v) is 2.54. The molecule has 1 heterocycles. The fourth-order valence-corrected chi connectivity index (χ4v) is 1.38. The van der Waals surface area contributed by atoms with E-state index >= 15 is 0 Å². The summed E-state index contributed by atoms with van der Waals surface area (Å²) in [6, 6.07) is 2.18. The van der Waals surface area contributed by atoms with Crippen LogP contribution in [0.1, 0.15) is 25.3 Å².